The average molecular weight is 477 g/mol. The van der Waals surface area contributed by atoms with Crippen LogP contribution < -0.4 is 10.2 Å². The second-order valence-electron chi connectivity index (χ2n) is 7.45. The summed E-state index contributed by atoms with van der Waals surface area (Å²) in [6.07, 6.45) is 9.47. The molecule has 1 saturated carbocycles. The lowest BCUT2D eigenvalue weighted by atomic mass is 9.98. The van der Waals surface area contributed by atoms with Crippen LogP contribution in [-0.4, -0.2) is 41.3 Å². The molecule has 2 fully saturated rings. The minimum Gasteiger partial charge on any atom is -0.368 e. The topological polar surface area (TPSA) is 80.4 Å². The summed E-state index contributed by atoms with van der Waals surface area (Å²) in [5.41, 5.74) is 2.79. The van der Waals surface area contributed by atoms with Gasteiger partial charge in [0.15, 0.2) is 5.65 Å². The van der Waals surface area contributed by atoms with E-state index < -0.39 is 0 Å². The first-order valence-corrected chi connectivity index (χ1v) is 10.3. The Morgan fingerprint density at radius 2 is 2.11 bits per heavy atom. The van der Waals surface area contributed by atoms with E-state index in [1.165, 1.54) is 19.3 Å². The van der Waals surface area contributed by atoms with Gasteiger partial charge in [0, 0.05) is 48.1 Å². The van der Waals surface area contributed by atoms with Gasteiger partial charge in [0.2, 0.25) is 9.74 Å². The number of pyridine rings is 1. The lowest BCUT2D eigenvalue weighted by molar-refractivity contribution is -0.110. The van der Waals surface area contributed by atoms with Crippen LogP contribution in [0.5, 0.6) is 0 Å². The van der Waals surface area contributed by atoms with Gasteiger partial charge in [-0.3, -0.25) is 9.48 Å². The third kappa shape index (κ3) is 3.40. The first-order chi connectivity index (χ1) is 13.1. The molecule has 140 valence electrons. The minimum absolute atomic E-state index is 0.0354. The van der Waals surface area contributed by atoms with Crippen molar-refractivity contribution in [3.8, 4) is 0 Å². The summed E-state index contributed by atoms with van der Waals surface area (Å²) < 4.78 is 3.46. The van der Waals surface area contributed by atoms with E-state index >= 15 is 0 Å². The number of piperidine rings is 1. The van der Waals surface area contributed by atoms with E-state index in [2.05, 4.69) is 26.5 Å². The van der Waals surface area contributed by atoms with E-state index in [1.54, 1.807) is 39.7 Å². The van der Waals surface area contributed by atoms with Crippen molar-refractivity contribution in [2.45, 2.75) is 25.8 Å². The number of carbonyl (C=O) groups excluding carboxylic acids is 1. The highest BCUT2D eigenvalue weighted by atomic mass is 127. The molecule has 0 spiro atoms. The predicted octanol–water partition coefficient (Wildman–Crippen LogP) is 2.87. The average Bonchev–Trinajstić information content (AvgIpc) is 3.33. The van der Waals surface area contributed by atoms with Crippen molar-refractivity contribution in [2.24, 2.45) is 11.8 Å². The Bertz CT molecular complexity index is 985. The van der Waals surface area contributed by atoms with Crippen LogP contribution in [0, 0.1) is 11.8 Å². The van der Waals surface area contributed by atoms with Gasteiger partial charge in [-0.2, -0.15) is 10.1 Å². The second kappa shape index (κ2) is 6.77. The Balaban J connectivity index is 1.40. The van der Waals surface area contributed by atoms with E-state index in [4.69, 9.17) is 4.98 Å². The van der Waals surface area contributed by atoms with Crippen molar-refractivity contribution in [1.29, 1.82) is 0 Å². The highest BCUT2D eigenvalue weighted by Crippen LogP contribution is 2.38. The Kier molecular flexibility index (Phi) is 4.25. The molecule has 27 heavy (non-hydrogen) atoms. The van der Waals surface area contributed by atoms with Gasteiger partial charge in [0.05, 0.1) is 17.6 Å². The summed E-state index contributed by atoms with van der Waals surface area (Å²) in [5.74, 6) is 2.16. The van der Waals surface area contributed by atoms with E-state index in [1.807, 2.05) is 16.8 Å². The first kappa shape index (κ1) is 17.0. The zero-order valence-corrected chi connectivity index (χ0v) is 16.9. The molecule has 4 heterocycles. The molecule has 1 aliphatic carbocycles. The lowest BCUT2D eigenvalue weighted by Gasteiger charge is -2.33. The number of aromatic nitrogens is 5. The summed E-state index contributed by atoms with van der Waals surface area (Å²) in [7, 11) is 0. The predicted molar refractivity (Wildman–Crippen MR) is 111 cm³/mol. The van der Waals surface area contributed by atoms with Crippen LogP contribution in [0.15, 0.2) is 30.7 Å². The number of hydrogen-bond acceptors (Lipinski definition) is 6. The Labute approximate surface area is 170 Å². The molecule has 3 aromatic heterocycles. The van der Waals surface area contributed by atoms with Gasteiger partial charge in [-0.05, 0) is 43.2 Å². The molecule has 2 bridgehead atoms. The highest BCUT2D eigenvalue weighted by molar-refractivity contribution is 14.1. The third-order valence-corrected chi connectivity index (χ3v) is 5.81. The molecular formula is C18H20IN7O. The van der Waals surface area contributed by atoms with Gasteiger partial charge in [-0.15, -0.1) is 5.10 Å². The summed E-state index contributed by atoms with van der Waals surface area (Å²) >= 11 is 1.77. The fourth-order valence-corrected chi connectivity index (χ4v) is 4.72. The van der Waals surface area contributed by atoms with Crippen LogP contribution in [0.3, 0.4) is 0 Å². The molecule has 1 N–H and O–H groups in total. The van der Waals surface area contributed by atoms with Crippen LogP contribution in [0.2, 0.25) is 0 Å². The van der Waals surface area contributed by atoms with E-state index in [0.717, 1.165) is 41.9 Å². The Morgan fingerprint density at radius 1 is 1.30 bits per heavy atom. The summed E-state index contributed by atoms with van der Waals surface area (Å²) in [6.45, 7) is 2.48. The second-order valence-corrected chi connectivity index (χ2v) is 8.66. The Hall–Kier alpha value is -2.17. The van der Waals surface area contributed by atoms with Gasteiger partial charge in [0.1, 0.15) is 6.54 Å². The van der Waals surface area contributed by atoms with Crippen LogP contribution in [0.4, 0.5) is 17.3 Å². The fraction of sp³-hybridized carbons (Fsp3) is 0.444. The van der Waals surface area contributed by atoms with Gasteiger partial charge in [0.25, 0.3) is 0 Å². The summed E-state index contributed by atoms with van der Waals surface area (Å²) in [4.78, 5) is 18.4. The van der Waals surface area contributed by atoms with Crippen molar-refractivity contribution < 1.29 is 4.79 Å². The summed E-state index contributed by atoms with van der Waals surface area (Å²) in [5, 5.41) is 11.9. The van der Waals surface area contributed by atoms with Crippen LogP contribution in [-0.2, 0) is 11.3 Å². The standard InChI is InChI=1S/C18H20IN7O/c19-16(27)11-25-10-14(7-20-25)21-18-22-17-15(2-1-5-26(17)23-18)24-8-12-3-4-13(6-12)9-24/h1-2,5,7,10,12-13H,3-4,6,8-9,11H2,(H,21,23)/t12-,13+. The zero-order valence-electron chi connectivity index (χ0n) is 14.8. The fourth-order valence-electron chi connectivity index (χ4n) is 4.37. The molecule has 1 saturated heterocycles. The molecule has 0 radical (unpaired) electrons. The molecule has 0 aromatic carbocycles. The zero-order chi connectivity index (χ0) is 18.4. The van der Waals surface area contributed by atoms with Gasteiger partial charge in [-0.25, -0.2) is 4.52 Å². The van der Waals surface area contributed by atoms with Gasteiger partial charge >= 0.3 is 0 Å². The Morgan fingerprint density at radius 3 is 2.89 bits per heavy atom. The van der Waals surface area contributed by atoms with Crippen LogP contribution in [0.25, 0.3) is 5.65 Å². The van der Waals surface area contributed by atoms with Crippen LogP contribution in [0.1, 0.15) is 19.3 Å². The third-order valence-electron chi connectivity index (χ3n) is 5.47. The molecular weight excluding hydrogens is 457 g/mol. The quantitative estimate of drug-likeness (QED) is 0.450. The highest BCUT2D eigenvalue weighted by Gasteiger charge is 2.33. The SMILES string of the molecule is O=C(I)Cn1cc(Nc2nc3c(N4C[C@@H]5CC[C@@H](C5)C4)cccn3n2)cn1. The smallest absolute Gasteiger partial charge is 0.247 e. The van der Waals surface area contributed by atoms with E-state index in [0.29, 0.717) is 5.95 Å². The van der Waals surface area contributed by atoms with Crippen LogP contribution >= 0.6 is 22.6 Å². The number of halogens is 1. The number of anilines is 3. The summed E-state index contributed by atoms with van der Waals surface area (Å²) in [6, 6.07) is 4.17. The molecule has 8 nitrogen and oxygen atoms in total. The maximum Gasteiger partial charge on any atom is 0.247 e. The first-order valence-electron chi connectivity index (χ1n) is 9.22. The van der Waals surface area contributed by atoms with E-state index in [-0.39, 0.29) is 10.3 Å². The number of fused-ring (bicyclic) bond motifs is 3. The minimum atomic E-state index is 0.0354. The van der Waals surface area contributed by atoms with Crippen molar-refractivity contribution in [3.05, 3.63) is 30.7 Å². The maximum absolute atomic E-state index is 11.2. The number of nitrogens with one attached hydrogen (secondary N) is 1. The monoisotopic (exact) mass is 477 g/mol. The molecule has 3 aromatic rings. The van der Waals surface area contributed by atoms with Crippen molar-refractivity contribution >= 4 is 49.4 Å². The molecule has 2 atom stereocenters. The molecule has 5 rings (SSSR count). The lowest BCUT2D eigenvalue weighted by Crippen LogP contribution is -2.36. The van der Waals surface area contributed by atoms with Crippen molar-refractivity contribution in [2.75, 3.05) is 23.3 Å². The number of hydrogen-bond donors (Lipinski definition) is 1. The van der Waals surface area contributed by atoms with Crippen molar-refractivity contribution in [1.82, 2.24) is 24.4 Å². The number of rotatable bonds is 5. The van der Waals surface area contributed by atoms with E-state index in [9.17, 15) is 4.79 Å². The van der Waals surface area contributed by atoms with Gasteiger partial charge < -0.3 is 10.2 Å². The largest absolute Gasteiger partial charge is 0.368 e. The van der Waals surface area contributed by atoms with Crippen molar-refractivity contribution in [3.63, 3.8) is 0 Å². The molecule has 9 heteroatoms. The normalized spacial score (nSPS) is 21.7. The molecule has 0 amide bonds. The number of nitrogens with zero attached hydrogens (tertiary/aromatic N) is 6. The molecule has 1 aliphatic heterocycles. The molecule has 2 aliphatic rings. The van der Waals surface area contributed by atoms with Gasteiger partial charge in [-0.1, -0.05) is 0 Å². The number of carbonyl (C=O) groups is 1. The molecule has 0 unspecified atom stereocenters. The maximum atomic E-state index is 11.2.